The molecule has 2 aliphatic rings. The third-order valence-electron chi connectivity index (χ3n) is 5.63. The normalized spacial score (nSPS) is 24.3. The second-order valence-electron chi connectivity index (χ2n) is 7.09. The van der Waals surface area contributed by atoms with Crippen LogP contribution >= 0.6 is 0 Å². The van der Waals surface area contributed by atoms with Crippen LogP contribution in [0.15, 0.2) is 42.5 Å². The van der Waals surface area contributed by atoms with E-state index in [-0.39, 0.29) is 11.3 Å². The van der Waals surface area contributed by atoms with Crippen LogP contribution in [-0.4, -0.2) is 13.1 Å². The number of esters is 1. The maximum atomic E-state index is 14.1. The van der Waals surface area contributed by atoms with Gasteiger partial charge in [-0.05, 0) is 72.9 Å². The molecular formula is C21H21FO3. The van der Waals surface area contributed by atoms with Crippen molar-refractivity contribution >= 4 is 5.97 Å². The third kappa shape index (κ3) is 3.13. The van der Waals surface area contributed by atoms with Gasteiger partial charge in [-0.3, -0.25) is 0 Å². The van der Waals surface area contributed by atoms with Gasteiger partial charge in [-0.1, -0.05) is 18.6 Å². The molecule has 2 aromatic rings. The minimum Gasteiger partial charge on any atom is -0.465 e. The standard InChI is InChI=1S/C21H21FO3/c1-24-21(23)16-6-9-20(19(22)12-16)25-17-7-4-14(5-8-17)18-11-13-2-3-15(18)10-13/h4-9,12-13,15,18H,2-3,10-11H2,1H3/t13-,15+,18?/m1/s1. The van der Waals surface area contributed by atoms with Gasteiger partial charge in [0.25, 0.3) is 0 Å². The Labute approximate surface area is 146 Å². The predicted molar refractivity (Wildman–Crippen MR) is 92.4 cm³/mol. The number of fused-ring (bicyclic) bond motifs is 2. The number of hydrogen-bond donors (Lipinski definition) is 0. The molecule has 0 aromatic heterocycles. The van der Waals surface area contributed by atoms with Gasteiger partial charge in [0, 0.05) is 0 Å². The molecule has 0 amide bonds. The average Bonchev–Trinajstić information content (AvgIpc) is 3.27. The SMILES string of the molecule is COC(=O)c1ccc(Oc2ccc(C3C[C@@H]4CC[C@H]3C4)cc2)c(F)c1. The van der Waals surface area contributed by atoms with Crippen molar-refractivity contribution in [3.8, 4) is 11.5 Å². The number of carbonyl (C=O) groups excluding carboxylic acids is 1. The second kappa shape index (κ2) is 6.51. The summed E-state index contributed by atoms with van der Waals surface area (Å²) in [5, 5.41) is 0. The number of ether oxygens (including phenoxy) is 2. The van der Waals surface area contributed by atoms with Crippen molar-refractivity contribution in [3.63, 3.8) is 0 Å². The smallest absolute Gasteiger partial charge is 0.337 e. The number of halogens is 1. The average molecular weight is 340 g/mol. The number of benzene rings is 2. The Hall–Kier alpha value is -2.36. The zero-order valence-electron chi connectivity index (χ0n) is 14.2. The van der Waals surface area contributed by atoms with Crippen molar-refractivity contribution < 1.29 is 18.7 Å². The second-order valence-corrected chi connectivity index (χ2v) is 7.09. The molecule has 4 rings (SSSR count). The molecule has 0 N–H and O–H groups in total. The molecule has 2 saturated carbocycles. The Bertz CT molecular complexity index is 784. The Balaban J connectivity index is 1.47. The predicted octanol–water partition coefficient (Wildman–Crippen LogP) is 5.31. The highest BCUT2D eigenvalue weighted by Crippen LogP contribution is 2.52. The molecular weight excluding hydrogens is 319 g/mol. The molecule has 4 heteroatoms. The molecule has 25 heavy (non-hydrogen) atoms. The molecule has 0 aliphatic heterocycles. The number of hydrogen-bond acceptors (Lipinski definition) is 3. The van der Waals surface area contributed by atoms with E-state index >= 15 is 0 Å². The molecule has 1 unspecified atom stereocenters. The molecule has 130 valence electrons. The summed E-state index contributed by atoms with van der Waals surface area (Å²) in [4.78, 5) is 11.4. The Morgan fingerprint density at radius 3 is 2.48 bits per heavy atom. The summed E-state index contributed by atoms with van der Waals surface area (Å²) in [6, 6.07) is 12.1. The summed E-state index contributed by atoms with van der Waals surface area (Å²) in [5.41, 5.74) is 1.53. The molecule has 2 aliphatic carbocycles. The first-order chi connectivity index (χ1) is 12.1. The topological polar surface area (TPSA) is 35.5 Å². The van der Waals surface area contributed by atoms with Crippen molar-refractivity contribution in [3.05, 3.63) is 59.4 Å². The largest absolute Gasteiger partial charge is 0.465 e. The fraction of sp³-hybridized carbons (Fsp3) is 0.381. The monoisotopic (exact) mass is 340 g/mol. The highest BCUT2D eigenvalue weighted by atomic mass is 19.1. The molecule has 0 spiro atoms. The van der Waals surface area contributed by atoms with Crippen LogP contribution < -0.4 is 4.74 Å². The molecule has 3 atom stereocenters. The van der Waals surface area contributed by atoms with Crippen LogP contribution in [0.3, 0.4) is 0 Å². The van der Waals surface area contributed by atoms with Gasteiger partial charge in [0.1, 0.15) is 5.75 Å². The first-order valence-electron chi connectivity index (χ1n) is 8.79. The summed E-state index contributed by atoms with van der Waals surface area (Å²) in [7, 11) is 1.27. The van der Waals surface area contributed by atoms with Crippen LogP contribution in [0, 0.1) is 17.7 Å². The van der Waals surface area contributed by atoms with Crippen LogP contribution in [0.4, 0.5) is 4.39 Å². The quantitative estimate of drug-likeness (QED) is 0.708. The fourth-order valence-corrected chi connectivity index (χ4v) is 4.39. The zero-order valence-corrected chi connectivity index (χ0v) is 14.2. The minimum atomic E-state index is -0.583. The van der Waals surface area contributed by atoms with E-state index in [0.29, 0.717) is 11.7 Å². The van der Waals surface area contributed by atoms with Crippen molar-refractivity contribution in [1.29, 1.82) is 0 Å². The van der Waals surface area contributed by atoms with Gasteiger partial charge in [-0.2, -0.15) is 0 Å². The molecule has 3 nitrogen and oxygen atoms in total. The summed E-state index contributed by atoms with van der Waals surface area (Å²) >= 11 is 0. The van der Waals surface area contributed by atoms with Crippen LogP contribution in [0.5, 0.6) is 11.5 Å². The van der Waals surface area contributed by atoms with Crippen molar-refractivity contribution in [2.45, 2.75) is 31.6 Å². The van der Waals surface area contributed by atoms with E-state index in [9.17, 15) is 9.18 Å². The number of carbonyl (C=O) groups is 1. The molecule has 0 radical (unpaired) electrons. The van der Waals surface area contributed by atoms with E-state index in [0.717, 1.165) is 17.9 Å². The lowest BCUT2D eigenvalue weighted by atomic mass is 9.83. The third-order valence-corrected chi connectivity index (χ3v) is 5.63. The Morgan fingerprint density at radius 1 is 1.08 bits per heavy atom. The van der Waals surface area contributed by atoms with Crippen LogP contribution in [0.1, 0.15) is 47.5 Å². The highest BCUT2D eigenvalue weighted by molar-refractivity contribution is 5.89. The summed E-state index contributed by atoms with van der Waals surface area (Å²) in [5.74, 6) is 1.95. The van der Waals surface area contributed by atoms with E-state index in [2.05, 4.69) is 16.9 Å². The molecule has 2 aromatic carbocycles. The Kier molecular flexibility index (Phi) is 4.20. The summed E-state index contributed by atoms with van der Waals surface area (Å²) in [6.07, 6.45) is 5.42. The fourth-order valence-electron chi connectivity index (χ4n) is 4.39. The number of methoxy groups -OCH3 is 1. The van der Waals surface area contributed by atoms with Gasteiger partial charge >= 0.3 is 5.97 Å². The van der Waals surface area contributed by atoms with E-state index in [1.807, 2.05) is 12.1 Å². The van der Waals surface area contributed by atoms with Gasteiger partial charge in [0.2, 0.25) is 0 Å². The molecule has 0 heterocycles. The highest BCUT2D eigenvalue weighted by Gasteiger charge is 2.39. The lowest BCUT2D eigenvalue weighted by molar-refractivity contribution is 0.0600. The van der Waals surface area contributed by atoms with E-state index in [1.54, 1.807) is 0 Å². The van der Waals surface area contributed by atoms with E-state index in [4.69, 9.17) is 4.74 Å². The van der Waals surface area contributed by atoms with Gasteiger partial charge in [-0.15, -0.1) is 0 Å². The van der Waals surface area contributed by atoms with Crippen molar-refractivity contribution in [2.75, 3.05) is 7.11 Å². The van der Waals surface area contributed by atoms with E-state index in [1.165, 1.54) is 50.5 Å². The van der Waals surface area contributed by atoms with Gasteiger partial charge in [0.05, 0.1) is 12.7 Å². The van der Waals surface area contributed by atoms with E-state index < -0.39 is 11.8 Å². The zero-order chi connectivity index (χ0) is 17.4. The van der Waals surface area contributed by atoms with Crippen LogP contribution in [0.2, 0.25) is 0 Å². The van der Waals surface area contributed by atoms with Gasteiger partial charge < -0.3 is 9.47 Å². The van der Waals surface area contributed by atoms with Crippen LogP contribution in [-0.2, 0) is 4.74 Å². The van der Waals surface area contributed by atoms with Gasteiger partial charge in [0.15, 0.2) is 11.6 Å². The van der Waals surface area contributed by atoms with Crippen LogP contribution in [0.25, 0.3) is 0 Å². The summed E-state index contributed by atoms with van der Waals surface area (Å²) < 4.78 is 24.3. The van der Waals surface area contributed by atoms with Gasteiger partial charge in [-0.25, -0.2) is 9.18 Å². The maximum absolute atomic E-state index is 14.1. The Morgan fingerprint density at radius 2 is 1.88 bits per heavy atom. The molecule has 0 saturated heterocycles. The first kappa shape index (κ1) is 16.1. The minimum absolute atomic E-state index is 0.0975. The maximum Gasteiger partial charge on any atom is 0.337 e. The number of rotatable bonds is 4. The lowest BCUT2D eigenvalue weighted by Crippen LogP contribution is -2.08. The lowest BCUT2D eigenvalue weighted by Gasteiger charge is -2.22. The van der Waals surface area contributed by atoms with Crippen molar-refractivity contribution in [2.24, 2.45) is 11.8 Å². The van der Waals surface area contributed by atoms with Crippen molar-refractivity contribution in [1.82, 2.24) is 0 Å². The molecule has 2 fully saturated rings. The summed E-state index contributed by atoms with van der Waals surface area (Å²) in [6.45, 7) is 0. The first-order valence-corrected chi connectivity index (χ1v) is 8.79. The molecule has 2 bridgehead atoms.